The molecule has 0 radical (unpaired) electrons. The fourth-order valence-corrected chi connectivity index (χ4v) is 8.43. The minimum atomic E-state index is -3.62. The molecule has 2 atom stereocenters. The maximum absolute atomic E-state index is 14.8. The van der Waals surface area contributed by atoms with Crippen LogP contribution in [0.2, 0.25) is 0 Å². The van der Waals surface area contributed by atoms with E-state index in [1.807, 2.05) is 6.92 Å². The highest BCUT2D eigenvalue weighted by Crippen LogP contribution is 2.41. The number of hydrogen-bond donors (Lipinski definition) is 0. The van der Waals surface area contributed by atoms with Gasteiger partial charge in [-0.15, -0.1) is 0 Å². The van der Waals surface area contributed by atoms with Crippen LogP contribution in [-0.4, -0.2) is 50.1 Å². The number of nitrogens with zero attached hydrogens (tertiary/aromatic N) is 2. The predicted molar refractivity (Wildman–Crippen MR) is 145 cm³/mol. The van der Waals surface area contributed by atoms with Gasteiger partial charge in [0.15, 0.2) is 11.5 Å². The van der Waals surface area contributed by atoms with Gasteiger partial charge in [-0.1, -0.05) is 49.4 Å². The van der Waals surface area contributed by atoms with E-state index < -0.39 is 39.0 Å². The van der Waals surface area contributed by atoms with Crippen molar-refractivity contribution in [2.24, 2.45) is 5.92 Å². The van der Waals surface area contributed by atoms with Gasteiger partial charge in [-0.05, 0) is 42.0 Å². The second-order valence-electron chi connectivity index (χ2n) is 10.5. The standard InChI is InChI=1S/C30H33F2N2O4S/c1-2-29(39(36,37)25-8-4-3-5-9-25)34-18-16-23(17-19-34)28(21-34)38-30(35)33(27-11-7-6-10-26(27)32)20-22-12-14-24(31)15-13-22/h3-15,23,28-29H,2,16-21H2,1H3/q+1. The third-order valence-electron chi connectivity index (χ3n) is 8.22. The fourth-order valence-electron chi connectivity index (χ4n) is 6.26. The van der Waals surface area contributed by atoms with E-state index in [0.29, 0.717) is 41.0 Å². The van der Waals surface area contributed by atoms with Crippen LogP contribution in [0.3, 0.4) is 0 Å². The minimum absolute atomic E-state index is 0.00257. The Labute approximate surface area is 228 Å². The Balaban J connectivity index is 1.40. The normalized spacial score (nSPS) is 23.3. The summed E-state index contributed by atoms with van der Waals surface area (Å²) in [5.41, 5.74) is 0.684. The summed E-state index contributed by atoms with van der Waals surface area (Å²) in [5, 5.41) is -0.649. The van der Waals surface area contributed by atoms with Gasteiger partial charge in [0.2, 0.25) is 9.84 Å². The quantitative estimate of drug-likeness (QED) is 0.324. The van der Waals surface area contributed by atoms with E-state index in [1.165, 1.54) is 29.2 Å². The molecule has 0 saturated carbocycles. The van der Waals surface area contributed by atoms with Gasteiger partial charge < -0.3 is 9.22 Å². The number of anilines is 1. The summed E-state index contributed by atoms with van der Waals surface area (Å²) in [4.78, 5) is 15.1. The van der Waals surface area contributed by atoms with Crippen molar-refractivity contribution in [3.05, 3.63) is 96.1 Å². The maximum atomic E-state index is 14.8. The monoisotopic (exact) mass is 555 g/mol. The van der Waals surface area contributed by atoms with Gasteiger partial charge in [-0.3, -0.25) is 4.90 Å². The van der Waals surface area contributed by atoms with E-state index >= 15 is 0 Å². The van der Waals surface area contributed by atoms with Gasteiger partial charge in [-0.25, -0.2) is 22.0 Å². The van der Waals surface area contributed by atoms with Crippen molar-refractivity contribution < 1.29 is 31.2 Å². The number of sulfone groups is 1. The van der Waals surface area contributed by atoms with Crippen molar-refractivity contribution in [2.45, 2.75) is 49.1 Å². The molecule has 206 valence electrons. The Morgan fingerprint density at radius 3 is 2.26 bits per heavy atom. The molecule has 39 heavy (non-hydrogen) atoms. The van der Waals surface area contributed by atoms with Crippen LogP contribution in [-0.2, 0) is 21.1 Å². The lowest BCUT2D eigenvalue weighted by Crippen LogP contribution is -2.69. The predicted octanol–water partition coefficient (Wildman–Crippen LogP) is 5.93. The number of amides is 1. The number of carbonyl (C=O) groups excluding carboxylic acids is 1. The molecule has 1 amide bonds. The molecule has 9 heteroatoms. The molecule has 3 heterocycles. The Kier molecular flexibility index (Phi) is 7.73. The summed E-state index contributed by atoms with van der Waals surface area (Å²) in [5.74, 6) is -0.871. The highest BCUT2D eigenvalue weighted by Gasteiger charge is 2.55. The first-order valence-electron chi connectivity index (χ1n) is 13.4. The second-order valence-corrected chi connectivity index (χ2v) is 12.6. The number of piperidine rings is 3. The van der Waals surface area contributed by atoms with Gasteiger partial charge in [0.25, 0.3) is 0 Å². The molecule has 6 nitrogen and oxygen atoms in total. The van der Waals surface area contributed by atoms with Crippen molar-refractivity contribution in [2.75, 3.05) is 24.5 Å². The Morgan fingerprint density at radius 2 is 1.62 bits per heavy atom. The number of benzene rings is 3. The van der Waals surface area contributed by atoms with Crippen LogP contribution in [0, 0.1) is 17.6 Å². The highest BCUT2D eigenvalue weighted by atomic mass is 32.2. The summed E-state index contributed by atoms with van der Waals surface area (Å²) < 4.78 is 62.2. The molecule has 3 saturated heterocycles. The molecule has 3 aliphatic rings. The van der Waals surface area contributed by atoms with Gasteiger partial charge in [0.05, 0.1) is 30.2 Å². The van der Waals surface area contributed by atoms with E-state index in [9.17, 15) is 22.0 Å². The lowest BCUT2D eigenvalue weighted by atomic mass is 9.83. The molecule has 3 aromatic rings. The van der Waals surface area contributed by atoms with Crippen molar-refractivity contribution in [3.8, 4) is 0 Å². The molecule has 3 fully saturated rings. The molecule has 6 rings (SSSR count). The van der Waals surface area contributed by atoms with Crippen molar-refractivity contribution in [3.63, 3.8) is 0 Å². The SMILES string of the molecule is CCC([N+]12CCC(CC1)C(OC(=O)N(Cc1ccc(F)cc1)c1ccccc1F)C2)S(=O)(=O)c1ccccc1. The van der Waals surface area contributed by atoms with Gasteiger partial charge in [0.1, 0.15) is 18.2 Å². The summed E-state index contributed by atoms with van der Waals surface area (Å²) in [7, 11) is -3.62. The average Bonchev–Trinajstić information content (AvgIpc) is 2.94. The van der Waals surface area contributed by atoms with Crippen LogP contribution in [0.4, 0.5) is 19.3 Å². The van der Waals surface area contributed by atoms with Crippen LogP contribution < -0.4 is 4.90 Å². The smallest absolute Gasteiger partial charge is 0.415 e. The van der Waals surface area contributed by atoms with Crippen LogP contribution in [0.15, 0.2) is 83.8 Å². The zero-order chi connectivity index (χ0) is 27.6. The first-order valence-corrected chi connectivity index (χ1v) is 14.9. The summed E-state index contributed by atoms with van der Waals surface area (Å²) in [6, 6.07) is 20.1. The van der Waals surface area contributed by atoms with Crippen LogP contribution >= 0.6 is 0 Å². The molecule has 0 aromatic heterocycles. The van der Waals surface area contributed by atoms with Gasteiger partial charge >= 0.3 is 6.09 Å². The third kappa shape index (κ3) is 5.43. The Hall–Kier alpha value is -3.30. The summed E-state index contributed by atoms with van der Waals surface area (Å²) in [6.07, 6.45) is 0.726. The fraction of sp³-hybridized carbons (Fsp3) is 0.367. The van der Waals surface area contributed by atoms with Crippen LogP contribution in [0.25, 0.3) is 0 Å². The molecular weight excluding hydrogens is 522 g/mol. The number of ether oxygens (including phenoxy) is 1. The average molecular weight is 556 g/mol. The number of halogens is 2. The third-order valence-corrected chi connectivity index (χ3v) is 10.6. The van der Waals surface area contributed by atoms with Gasteiger partial charge in [0, 0.05) is 25.2 Å². The topological polar surface area (TPSA) is 63.7 Å². The van der Waals surface area contributed by atoms with Crippen molar-refractivity contribution >= 4 is 21.6 Å². The zero-order valence-corrected chi connectivity index (χ0v) is 22.7. The number of para-hydroxylation sites is 1. The van der Waals surface area contributed by atoms with Crippen molar-refractivity contribution in [1.29, 1.82) is 0 Å². The molecule has 0 N–H and O–H groups in total. The van der Waals surface area contributed by atoms with E-state index in [0.717, 1.165) is 12.8 Å². The van der Waals surface area contributed by atoms with Crippen LogP contribution in [0.1, 0.15) is 31.7 Å². The van der Waals surface area contributed by atoms with Gasteiger partial charge in [-0.2, -0.15) is 0 Å². The van der Waals surface area contributed by atoms with E-state index in [2.05, 4.69) is 0 Å². The van der Waals surface area contributed by atoms with Crippen LogP contribution in [0.5, 0.6) is 0 Å². The van der Waals surface area contributed by atoms with E-state index in [1.54, 1.807) is 54.6 Å². The molecule has 3 aromatic carbocycles. The maximum Gasteiger partial charge on any atom is 0.415 e. The lowest BCUT2D eigenvalue weighted by molar-refractivity contribution is -0.956. The Bertz CT molecular complexity index is 1410. The van der Waals surface area contributed by atoms with E-state index in [4.69, 9.17) is 4.74 Å². The molecular formula is C30H33F2N2O4S+. The Morgan fingerprint density at radius 1 is 0.974 bits per heavy atom. The number of quaternary nitrogens is 1. The zero-order valence-electron chi connectivity index (χ0n) is 21.9. The highest BCUT2D eigenvalue weighted by molar-refractivity contribution is 7.91. The summed E-state index contributed by atoms with van der Waals surface area (Å²) in [6.45, 7) is 3.69. The minimum Gasteiger partial charge on any atom is -0.440 e. The summed E-state index contributed by atoms with van der Waals surface area (Å²) >= 11 is 0. The first kappa shape index (κ1) is 27.3. The molecule has 3 aliphatic heterocycles. The molecule has 2 bridgehead atoms. The molecule has 0 aliphatic carbocycles. The first-order chi connectivity index (χ1) is 18.7. The number of rotatable bonds is 8. The largest absolute Gasteiger partial charge is 0.440 e. The van der Waals surface area contributed by atoms with E-state index in [-0.39, 0.29) is 18.2 Å². The molecule has 2 unspecified atom stereocenters. The second kappa shape index (κ2) is 11.1. The van der Waals surface area contributed by atoms with Crippen molar-refractivity contribution in [1.82, 2.24) is 0 Å². The number of carbonyl (C=O) groups is 1. The molecule has 0 spiro atoms. The number of hydrogen-bond acceptors (Lipinski definition) is 4. The lowest BCUT2D eigenvalue weighted by Gasteiger charge is -2.54. The number of fused-ring (bicyclic) bond motifs is 3.